The minimum atomic E-state index is 0.339. The number of nitrogens with one attached hydrogen (secondary N) is 3. The van der Waals surface area contributed by atoms with Crippen LogP contribution in [0.3, 0.4) is 0 Å². The van der Waals surface area contributed by atoms with Crippen LogP contribution >= 0.6 is 0 Å². The van der Waals surface area contributed by atoms with Crippen molar-refractivity contribution in [3.8, 4) is 28.5 Å². The van der Waals surface area contributed by atoms with Crippen LogP contribution in [0.2, 0.25) is 0 Å². The van der Waals surface area contributed by atoms with E-state index in [2.05, 4.69) is 47.9 Å². The van der Waals surface area contributed by atoms with E-state index in [9.17, 15) is 0 Å². The molecule has 0 aliphatic heterocycles. The smallest absolute Gasteiger partial charge is 0.233 e. The van der Waals surface area contributed by atoms with E-state index < -0.39 is 0 Å². The molecule has 0 unspecified atom stereocenters. The zero-order valence-corrected chi connectivity index (χ0v) is 18.1. The van der Waals surface area contributed by atoms with E-state index in [1.54, 1.807) is 33.5 Å². The first-order valence-electron chi connectivity index (χ1n) is 9.75. The SMILES string of the molecule is COc1cc(Nc2ncnc(Nc3cc(-c4ccc(C)cc4)[nH]n3)n2)cc(OC)c1OC. The summed E-state index contributed by atoms with van der Waals surface area (Å²) in [6, 6.07) is 13.6. The van der Waals surface area contributed by atoms with Gasteiger partial charge in [0.15, 0.2) is 17.3 Å². The molecule has 0 bridgehead atoms. The maximum atomic E-state index is 5.38. The van der Waals surface area contributed by atoms with Crippen LogP contribution in [0.15, 0.2) is 48.8 Å². The number of anilines is 4. The van der Waals surface area contributed by atoms with E-state index in [1.807, 2.05) is 25.1 Å². The quantitative estimate of drug-likeness (QED) is 0.377. The highest BCUT2D eigenvalue weighted by Crippen LogP contribution is 2.40. The summed E-state index contributed by atoms with van der Waals surface area (Å²) in [5, 5.41) is 13.5. The molecule has 0 radical (unpaired) electrons. The fraction of sp³-hybridized carbons (Fsp3) is 0.182. The van der Waals surface area contributed by atoms with Gasteiger partial charge in [-0.25, -0.2) is 9.97 Å². The molecule has 2 heterocycles. The number of aryl methyl sites for hydroxylation is 1. The fourth-order valence-corrected chi connectivity index (χ4v) is 3.08. The molecule has 0 aliphatic rings. The van der Waals surface area contributed by atoms with Gasteiger partial charge in [0.05, 0.1) is 27.0 Å². The van der Waals surface area contributed by atoms with Crippen LogP contribution in [-0.2, 0) is 0 Å². The van der Waals surface area contributed by atoms with Crippen LogP contribution in [0.5, 0.6) is 17.2 Å². The molecule has 0 amide bonds. The predicted molar refractivity (Wildman–Crippen MR) is 121 cm³/mol. The first-order chi connectivity index (χ1) is 15.6. The average Bonchev–Trinajstić information content (AvgIpc) is 3.27. The molecule has 0 saturated heterocycles. The largest absolute Gasteiger partial charge is 0.493 e. The molecular formula is C22H23N7O3. The van der Waals surface area contributed by atoms with Crippen molar-refractivity contribution in [3.63, 3.8) is 0 Å². The lowest BCUT2D eigenvalue weighted by atomic mass is 10.1. The highest BCUT2D eigenvalue weighted by atomic mass is 16.5. The number of rotatable bonds is 8. The van der Waals surface area contributed by atoms with Gasteiger partial charge in [-0.15, -0.1) is 0 Å². The van der Waals surface area contributed by atoms with E-state index in [1.165, 1.54) is 11.9 Å². The monoisotopic (exact) mass is 433 g/mol. The van der Waals surface area contributed by atoms with Crippen LogP contribution in [0.1, 0.15) is 5.56 Å². The zero-order chi connectivity index (χ0) is 22.5. The molecule has 2 aromatic heterocycles. The molecule has 0 atom stereocenters. The summed E-state index contributed by atoms with van der Waals surface area (Å²) in [5.41, 5.74) is 3.79. The topological polar surface area (TPSA) is 119 Å². The lowest BCUT2D eigenvalue weighted by molar-refractivity contribution is 0.324. The number of aromatic amines is 1. The number of aromatic nitrogens is 5. The van der Waals surface area contributed by atoms with Crippen LogP contribution < -0.4 is 24.8 Å². The third-order valence-electron chi connectivity index (χ3n) is 4.67. The first-order valence-corrected chi connectivity index (χ1v) is 9.75. The Morgan fingerprint density at radius 3 is 2.09 bits per heavy atom. The molecule has 0 fully saturated rings. The second-order valence-electron chi connectivity index (χ2n) is 6.83. The summed E-state index contributed by atoms with van der Waals surface area (Å²) >= 11 is 0. The number of ether oxygens (including phenoxy) is 3. The predicted octanol–water partition coefficient (Wildman–Crippen LogP) is 4.08. The van der Waals surface area contributed by atoms with E-state index >= 15 is 0 Å². The standard InChI is InChI=1S/C22H23N7O3/c1-13-5-7-14(8-6-13)16-11-19(29-28-16)26-22-24-12-23-21(27-22)25-15-9-17(30-2)20(32-4)18(10-15)31-3/h5-12H,1-4H3,(H3,23,24,25,26,27,28,29). The van der Waals surface area contributed by atoms with Crippen molar-refractivity contribution in [1.29, 1.82) is 0 Å². The second kappa shape index (κ2) is 9.21. The van der Waals surface area contributed by atoms with Gasteiger partial charge >= 0.3 is 0 Å². The molecular weight excluding hydrogens is 410 g/mol. The molecule has 10 heteroatoms. The van der Waals surface area contributed by atoms with Crippen molar-refractivity contribution in [1.82, 2.24) is 25.1 Å². The molecule has 4 rings (SSSR count). The van der Waals surface area contributed by atoms with Gasteiger partial charge in [0, 0.05) is 23.9 Å². The lowest BCUT2D eigenvalue weighted by Gasteiger charge is -2.14. The minimum absolute atomic E-state index is 0.339. The molecule has 0 saturated carbocycles. The van der Waals surface area contributed by atoms with Crippen LogP contribution in [0.25, 0.3) is 11.3 Å². The summed E-state index contributed by atoms with van der Waals surface area (Å²) in [5.74, 6) is 2.80. The van der Waals surface area contributed by atoms with Crippen LogP contribution in [0, 0.1) is 6.92 Å². The number of hydrogen-bond acceptors (Lipinski definition) is 9. The van der Waals surface area contributed by atoms with Gasteiger partial charge in [-0.2, -0.15) is 10.1 Å². The van der Waals surface area contributed by atoms with Crippen LogP contribution in [0.4, 0.5) is 23.4 Å². The molecule has 3 N–H and O–H groups in total. The summed E-state index contributed by atoms with van der Waals surface area (Å²) in [6.07, 6.45) is 1.41. The van der Waals surface area contributed by atoms with Crippen molar-refractivity contribution in [2.75, 3.05) is 32.0 Å². The maximum Gasteiger partial charge on any atom is 0.233 e. The van der Waals surface area contributed by atoms with Crippen molar-refractivity contribution in [2.24, 2.45) is 0 Å². The number of nitrogens with zero attached hydrogens (tertiary/aromatic N) is 4. The number of methoxy groups -OCH3 is 3. The van der Waals surface area contributed by atoms with Gasteiger partial charge in [0.2, 0.25) is 17.6 Å². The van der Waals surface area contributed by atoms with Gasteiger partial charge in [-0.1, -0.05) is 29.8 Å². The zero-order valence-electron chi connectivity index (χ0n) is 18.1. The third kappa shape index (κ3) is 4.53. The van der Waals surface area contributed by atoms with Gasteiger partial charge in [-0.05, 0) is 12.5 Å². The van der Waals surface area contributed by atoms with E-state index in [0.29, 0.717) is 40.7 Å². The number of benzene rings is 2. The average molecular weight is 433 g/mol. The second-order valence-corrected chi connectivity index (χ2v) is 6.83. The Morgan fingerprint density at radius 1 is 0.812 bits per heavy atom. The Labute approximate surface area is 185 Å². The Balaban J connectivity index is 1.52. The highest BCUT2D eigenvalue weighted by molar-refractivity contribution is 5.67. The molecule has 0 spiro atoms. The summed E-state index contributed by atoms with van der Waals surface area (Å²) in [4.78, 5) is 12.7. The fourth-order valence-electron chi connectivity index (χ4n) is 3.08. The van der Waals surface area contributed by atoms with Crippen molar-refractivity contribution in [2.45, 2.75) is 6.92 Å². The minimum Gasteiger partial charge on any atom is -0.493 e. The van der Waals surface area contributed by atoms with Gasteiger partial charge in [0.1, 0.15) is 6.33 Å². The molecule has 0 aliphatic carbocycles. The third-order valence-corrected chi connectivity index (χ3v) is 4.67. The molecule has 4 aromatic rings. The summed E-state index contributed by atoms with van der Waals surface area (Å²) in [7, 11) is 4.66. The van der Waals surface area contributed by atoms with E-state index in [-0.39, 0.29) is 0 Å². The molecule has 32 heavy (non-hydrogen) atoms. The number of H-pyrrole nitrogens is 1. The highest BCUT2D eigenvalue weighted by Gasteiger charge is 2.14. The van der Waals surface area contributed by atoms with Crippen molar-refractivity contribution in [3.05, 3.63) is 54.4 Å². The Kier molecular flexibility index (Phi) is 6.02. The molecule has 164 valence electrons. The maximum absolute atomic E-state index is 5.38. The summed E-state index contributed by atoms with van der Waals surface area (Å²) in [6.45, 7) is 2.05. The molecule has 2 aromatic carbocycles. The Bertz CT molecular complexity index is 1180. The lowest BCUT2D eigenvalue weighted by Crippen LogP contribution is -2.03. The van der Waals surface area contributed by atoms with Gasteiger partial charge < -0.3 is 24.8 Å². The van der Waals surface area contributed by atoms with Gasteiger partial charge in [0.25, 0.3) is 0 Å². The first kappa shape index (κ1) is 20.9. The van der Waals surface area contributed by atoms with Gasteiger partial charge in [-0.3, -0.25) is 5.10 Å². The van der Waals surface area contributed by atoms with E-state index in [0.717, 1.165) is 11.3 Å². The Morgan fingerprint density at radius 2 is 1.47 bits per heavy atom. The molecule has 10 nitrogen and oxygen atoms in total. The number of hydrogen-bond donors (Lipinski definition) is 3. The van der Waals surface area contributed by atoms with E-state index in [4.69, 9.17) is 14.2 Å². The normalized spacial score (nSPS) is 10.5. The Hall–Kier alpha value is -4.34. The van der Waals surface area contributed by atoms with Crippen LogP contribution in [-0.4, -0.2) is 46.5 Å². The van der Waals surface area contributed by atoms with Crippen molar-refractivity contribution >= 4 is 23.4 Å². The summed E-state index contributed by atoms with van der Waals surface area (Å²) < 4.78 is 16.1. The van der Waals surface area contributed by atoms with Crippen molar-refractivity contribution < 1.29 is 14.2 Å².